The third kappa shape index (κ3) is 4.85. The molecule has 114 valence electrons. The summed E-state index contributed by atoms with van der Waals surface area (Å²) >= 11 is 6.93. The first kappa shape index (κ1) is 16.5. The minimum Gasteiger partial charge on any atom is -0.487 e. The molecule has 0 aromatic heterocycles. The van der Waals surface area contributed by atoms with E-state index in [4.69, 9.17) is 10.5 Å². The Morgan fingerprint density at radius 3 is 2.45 bits per heavy atom. The number of urea groups is 1. The molecule has 0 unspecified atom stereocenters. The maximum absolute atomic E-state index is 10.6. The van der Waals surface area contributed by atoms with Crippen LogP contribution in [0.3, 0.4) is 0 Å². The first-order valence-electron chi connectivity index (χ1n) is 6.30. The van der Waals surface area contributed by atoms with E-state index in [0.29, 0.717) is 12.4 Å². The third-order valence-electron chi connectivity index (χ3n) is 2.63. The van der Waals surface area contributed by atoms with Gasteiger partial charge in [-0.2, -0.15) is 5.10 Å². The first-order valence-corrected chi connectivity index (χ1v) is 7.89. The second-order valence-electron chi connectivity index (χ2n) is 4.32. The summed E-state index contributed by atoms with van der Waals surface area (Å²) in [6.45, 7) is 0.467. The van der Waals surface area contributed by atoms with E-state index in [0.717, 1.165) is 20.1 Å². The van der Waals surface area contributed by atoms with Gasteiger partial charge >= 0.3 is 6.03 Å². The van der Waals surface area contributed by atoms with Crippen molar-refractivity contribution in [1.82, 2.24) is 5.43 Å². The number of ether oxygens (including phenoxy) is 1. The van der Waals surface area contributed by atoms with Crippen molar-refractivity contribution in [2.75, 3.05) is 0 Å². The van der Waals surface area contributed by atoms with Crippen LogP contribution in [0, 0.1) is 0 Å². The van der Waals surface area contributed by atoms with E-state index in [9.17, 15) is 4.79 Å². The number of nitrogens with zero attached hydrogens (tertiary/aromatic N) is 1. The zero-order chi connectivity index (χ0) is 15.9. The summed E-state index contributed by atoms with van der Waals surface area (Å²) in [6, 6.07) is 12.8. The van der Waals surface area contributed by atoms with Crippen LogP contribution in [0.1, 0.15) is 11.1 Å². The summed E-state index contributed by atoms with van der Waals surface area (Å²) in [7, 11) is 0. The number of halogens is 2. The van der Waals surface area contributed by atoms with Gasteiger partial charge in [-0.1, -0.05) is 30.3 Å². The maximum atomic E-state index is 10.6. The lowest BCUT2D eigenvalue weighted by Gasteiger charge is -2.11. The molecule has 7 heteroatoms. The molecule has 0 bridgehead atoms. The summed E-state index contributed by atoms with van der Waals surface area (Å²) in [5.74, 6) is 0.698. The number of nitrogens with one attached hydrogen (secondary N) is 1. The Bertz CT molecular complexity index is 667. The highest BCUT2D eigenvalue weighted by Gasteiger charge is 2.08. The van der Waals surface area contributed by atoms with Crippen molar-refractivity contribution < 1.29 is 9.53 Å². The van der Waals surface area contributed by atoms with Gasteiger partial charge in [0.25, 0.3) is 0 Å². The number of carbonyl (C=O) groups excluding carboxylic acids is 1. The van der Waals surface area contributed by atoms with Gasteiger partial charge in [0.05, 0.1) is 15.2 Å². The zero-order valence-electron chi connectivity index (χ0n) is 11.4. The SMILES string of the molecule is NC(=O)N/N=C/c1cc(Br)c(OCc2ccccc2)c(Br)c1. The van der Waals surface area contributed by atoms with Crippen molar-refractivity contribution in [3.05, 3.63) is 62.5 Å². The molecule has 22 heavy (non-hydrogen) atoms. The van der Waals surface area contributed by atoms with Gasteiger partial charge in [-0.3, -0.25) is 0 Å². The highest BCUT2D eigenvalue weighted by Crippen LogP contribution is 2.35. The van der Waals surface area contributed by atoms with E-state index in [1.54, 1.807) is 0 Å². The van der Waals surface area contributed by atoms with Gasteiger partial charge in [0.15, 0.2) is 0 Å². The number of nitrogens with two attached hydrogens (primary N) is 1. The fraction of sp³-hybridized carbons (Fsp3) is 0.0667. The van der Waals surface area contributed by atoms with E-state index in [1.807, 2.05) is 42.5 Å². The maximum Gasteiger partial charge on any atom is 0.332 e. The monoisotopic (exact) mass is 425 g/mol. The van der Waals surface area contributed by atoms with Gasteiger partial charge in [0.2, 0.25) is 0 Å². The fourth-order valence-electron chi connectivity index (χ4n) is 1.69. The molecule has 5 nitrogen and oxygen atoms in total. The van der Waals surface area contributed by atoms with Crippen molar-refractivity contribution in [2.45, 2.75) is 6.61 Å². The second-order valence-corrected chi connectivity index (χ2v) is 6.03. The van der Waals surface area contributed by atoms with E-state index in [2.05, 4.69) is 42.4 Å². The van der Waals surface area contributed by atoms with E-state index in [-0.39, 0.29) is 0 Å². The molecule has 0 saturated carbocycles. The molecule has 0 fully saturated rings. The molecule has 2 rings (SSSR count). The lowest BCUT2D eigenvalue weighted by Crippen LogP contribution is -2.24. The summed E-state index contributed by atoms with van der Waals surface area (Å²) in [4.78, 5) is 10.6. The topological polar surface area (TPSA) is 76.7 Å². The average Bonchev–Trinajstić information content (AvgIpc) is 2.47. The molecular formula is C15H13Br2N3O2. The van der Waals surface area contributed by atoms with Gasteiger partial charge < -0.3 is 10.5 Å². The zero-order valence-corrected chi connectivity index (χ0v) is 14.6. The number of benzene rings is 2. The van der Waals surface area contributed by atoms with E-state index in [1.165, 1.54) is 6.21 Å². The smallest absolute Gasteiger partial charge is 0.332 e. The average molecular weight is 427 g/mol. The number of hydrogen-bond donors (Lipinski definition) is 2. The predicted molar refractivity (Wildman–Crippen MR) is 92.9 cm³/mol. The third-order valence-corrected chi connectivity index (χ3v) is 3.81. The number of hydrogen-bond acceptors (Lipinski definition) is 3. The molecule has 2 aromatic carbocycles. The molecule has 0 radical (unpaired) electrons. The van der Waals surface area contributed by atoms with Crippen molar-refractivity contribution >= 4 is 44.1 Å². The minimum absolute atomic E-state index is 0.467. The Morgan fingerprint density at radius 1 is 1.23 bits per heavy atom. The molecule has 0 aliphatic heterocycles. The quantitative estimate of drug-likeness (QED) is 0.563. The Labute approximate surface area is 144 Å². The Hall–Kier alpha value is -1.86. The van der Waals surface area contributed by atoms with Gasteiger partial charge in [-0.05, 0) is 55.1 Å². The van der Waals surface area contributed by atoms with Gasteiger partial charge in [0.1, 0.15) is 12.4 Å². The summed E-state index contributed by atoms with van der Waals surface area (Å²) in [5.41, 5.74) is 8.93. The van der Waals surface area contributed by atoms with Crippen LogP contribution in [0.2, 0.25) is 0 Å². The lowest BCUT2D eigenvalue weighted by molar-refractivity contribution is 0.249. The number of carbonyl (C=O) groups is 1. The van der Waals surface area contributed by atoms with Crippen LogP contribution in [0.4, 0.5) is 4.79 Å². The summed E-state index contributed by atoms with van der Waals surface area (Å²) < 4.78 is 7.38. The molecule has 2 aromatic rings. The molecular weight excluding hydrogens is 414 g/mol. The van der Waals surface area contributed by atoms with Crippen molar-refractivity contribution in [2.24, 2.45) is 10.8 Å². The highest BCUT2D eigenvalue weighted by molar-refractivity contribution is 9.11. The molecule has 0 saturated heterocycles. The number of rotatable bonds is 5. The molecule has 0 aliphatic carbocycles. The molecule has 0 spiro atoms. The Kier molecular flexibility index (Phi) is 5.97. The highest BCUT2D eigenvalue weighted by atomic mass is 79.9. The fourth-order valence-corrected chi connectivity index (χ4v) is 3.14. The number of hydrazone groups is 1. The van der Waals surface area contributed by atoms with Gasteiger partial charge in [-0.25, -0.2) is 10.2 Å². The second kappa shape index (κ2) is 7.95. The van der Waals surface area contributed by atoms with Crippen LogP contribution >= 0.6 is 31.9 Å². The number of amides is 2. The van der Waals surface area contributed by atoms with Crippen molar-refractivity contribution in [3.63, 3.8) is 0 Å². The molecule has 0 atom stereocenters. The first-order chi connectivity index (χ1) is 10.6. The molecule has 3 N–H and O–H groups in total. The summed E-state index contributed by atoms with van der Waals surface area (Å²) in [5, 5.41) is 3.71. The normalized spacial score (nSPS) is 10.6. The van der Waals surface area contributed by atoms with Crippen molar-refractivity contribution in [3.8, 4) is 5.75 Å². The van der Waals surface area contributed by atoms with Crippen LogP contribution in [0.25, 0.3) is 0 Å². The summed E-state index contributed by atoms with van der Waals surface area (Å²) in [6.07, 6.45) is 1.49. The molecule has 2 amide bonds. The van der Waals surface area contributed by atoms with Gasteiger partial charge in [-0.15, -0.1) is 0 Å². The molecule has 0 aliphatic rings. The largest absolute Gasteiger partial charge is 0.487 e. The minimum atomic E-state index is -0.711. The van der Waals surface area contributed by atoms with Crippen molar-refractivity contribution in [1.29, 1.82) is 0 Å². The van der Waals surface area contributed by atoms with Gasteiger partial charge in [0, 0.05) is 0 Å². The van der Waals surface area contributed by atoms with E-state index < -0.39 is 6.03 Å². The van der Waals surface area contributed by atoms with Crippen LogP contribution in [-0.4, -0.2) is 12.2 Å². The lowest BCUT2D eigenvalue weighted by atomic mass is 10.2. The van der Waals surface area contributed by atoms with Crippen LogP contribution in [0.5, 0.6) is 5.75 Å². The van der Waals surface area contributed by atoms with Crippen LogP contribution in [0.15, 0.2) is 56.5 Å². The standard InChI is InChI=1S/C15H13Br2N3O2/c16-12-6-11(8-19-20-15(18)21)7-13(17)14(12)22-9-10-4-2-1-3-5-10/h1-8H,9H2,(H3,18,20,21)/b19-8+. The van der Waals surface area contributed by atoms with Crippen LogP contribution in [-0.2, 0) is 6.61 Å². The van der Waals surface area contributed by atoms with Crippen LogP contribution < -0.4 is 15.9 Å². The Balaban J connectivity index is 2.09. The predicted octanol–water partition coefficient (Wildman–Crippen LogP) is 3.79. The Morgan fingerprint density at radius 2 is 1.86 bits per heavy atom. The van der Waals surface area contributed by atoms with E-state index >= 15 is 0 Å². The number of primary amides is 1. The molecule has 0 heterocycles.